The van der Waals surface area contributed by atoms with E-state index in [1.807, 2.05) is 12.1 Å². The lowest BCUT2D eigenvalue weighted by molar-refractivity contribution is -0.135. The first-order valence-corrected chi connectivity index (χ1v) is 5.47. The summed E-state index contributed by atoms with van der Waals surface area (Å²) < 4.78 is 5.37. The molecule has 1 aromatic rings. The molecule has 0 saturated heterocycles. The highest BCUT2D eigenvalue weighted by atomic mass is 16.5. The van der Waals surface area contributed by atoms with Crippen LogP contribution >= 0.6 is 0 Å². The molecule has 0 fully saturated rings. The van der Waals surface area contributed by atoms with Gasteiger partial charge in [-0.05, 0) is 6.07 Å². The topological polar surface area (TPSA) is 98.6 Å². The zero-order valence-corrected chi connectivity index (χ0v) is 10.3. The van der Waals surface area contributed by atoms with Gasteiger partial charge in [-0.2, -0.15) is 0 Å². The number of benzene rings is 1. The fourth-order valence-corrected chi connectivity index (χ4v) is 1.38. The quantitative estimate of drug-likeness (QED) is 0.709. The molecular weight excluding hydrogens is 234 g/mol. The molecule has 98 valence electrons. The number of para-hydroxylation sites is 1. The van der Waals surface area contributed by atoms with E-state index in [-0.39, 0.29) is 19.1 Å². The van der Waals surface area contributed by atoms with Crippen molar-refractivity contribution >= 4 is 11.8 Å². The van der Waals surface area contributed by atoms with Crippen molar-refractivity contribution in [1.29, 1.82) is 0 Å². The van der Waals surface area contributed by atoms with E-state index in [9.17, 15) is 9.59 Å². The zero-order chi connectivity index (χ0) is 13.5. The minimum absolute atomic E-state index is 0.124. The van der Waals surface area contributed by atoms with Crippen LogP contribution in [-0.2, 0) is 16.1 Å². The van der Waals surface area contributed by atoms with E-state index in [1.165, 1.54) is 11.9 Å². The van der Waals surface area contributed by atoms with Crippen LogP contribution in [0.25, 0.3) is 0 Å². The van der Waals surface area contributed by atoms with Crippen molar-refractivity contribution in [2.45, 2.75) is 6.54 Å². The summed E-state index contributed by atoms with van der Waals surface area (Å²) in [5.41, 5.74) is 11.4. The van der Waals surface area contributed by atoms with Gasteiger partial charge in [0, 0.05) is 19.2 Å². The van der Waals surface area contributed by atoms with E-state index in [0.29, 0.717) is 12.3 Å². The molecule has 0 aliphatic heterocycles. The van der Waals surface area contributed by atoms with Crippen molar-refractivity contribution in [3.63, 3.8) is 0 Å². The Morgan fingerprint density at radius 2 is 2.00 bits per heavy atom. The molecule has 0 saturated carbocycles. The first kappa shape index (κ1) is 14.0. The summed E-state index contributed by atoms with van der Waals surface area (Å²) >= 11 is 0. The largest absolute Gasteiger partial charge is 0.483 e. The van der Waals surface area contributed by atoms with Gasteiger partial charge in [0.1, 0.15) is 5.75 Å². The maximum Gasteiger partial charge on any atom is 0.260 e. The minimum Gasteiger partial charge on any atom is -0.483 e. The maximum absolute atomic E-state index is 11.6. The van der Waals surface area contributed by atoms with Gasteiger partial charge >= 0.3 is 0 Å². The molecule has 0 bridgehead atoms. The van der Waals surface area contributed by atoms with Gasteiger partial charge in [-0.15, -0.1) is 0 Å². The van der Waals surface area contributed by atoms with Crippen LogP contribution in [0.2, 0.25) is 0 Å². The van der Waals surface area contributed by atoms with Crippen LogP contribution < -0.4 is 16.2 Å². The number of nitrogens with zero attached hydrogens (tertiary/aromatic N) is 1. The monoisotopic (exact) mass is 251 g/mol. The van der Waals surface area contributed by atoms with E-state index >= 15 is 0 Å². The normalized spacial score (nSPS) is 9.89. The summed E-state index contributed by atoms with van der Waals surface area (Å²) in [7, 11) is 1.49. The summed E-state index contributed by atoms with van der Waals surface area (Å²) in [6, 6.07) is 7.21. The SMILES string of the molecule is CN(CC(N)=O)C(=O)COc1ccccc1CN. The van der Waals surface area contributed by atoms with Crippen LogP contribution in [-0.4, -0.2) is 36.9 Å². The Balaban J connectivity index is 2.54. The zero-order valence-electron chi connectivity index (χ0n) is 10.3. The number of carbonyl (C=O) groups is 2. The Hall–Kier alpha value is -2.08. The summed E-state index contributed by atoms with van der Waals surface area (Å²) in [5, 5.41) is 0. The van der Waals surface area contributed by atoms with Gasteiger partial charge < -0.3 is 21.1 Å². The fraction of sp³-hybridized carbons (Fsp3) is 0.333. The number of hydrogen-bond donors (Lipinski definition) is 2. The molecule has 0 atom stereocenters. The molecule has 2 amide bonds. The molecule has 0 unspecified atom stereocenters. The molecular formula is C12H17N3O3. The lowest BCUT2D eigenvalue weighted by Crippen LogP contribution is -2.38. The van der Waals surface area contributed by atoms with Gasteiger partial charge in [-0.3, -0.25) is 9.59 Å². The van der Waals surface area contributed by atoms with Gasteiger partial charge in [-0.25, -0.2) is 0 Å². The molecule has 1 rings (SSSR count). The maximum atomic E-state index is 11.6. The van der Waals surface area contributed by atoms with E-state index < -0.39 is 5.91 Å². The molecule has 0 aliphatic rings. The number of rotatable bonds is 6. The first-order valence-electron chi connectivity index (χ1n) is 5.47. The number of likely N-dealkylation sites (N-methyl/N-ethyl adjacent to an activating group) is 1. The summed E-state index contributed by atoms with van der Waals surface area (Å²) in [4.78, 5) is 23.5. The van der Waals surface area contributed by atoms with Gasteiger partial charge in [0.05, 0.1) is 6.54 Å². The third-order valence-corrected chi connectivity index (χ3v) is 2.36. The smallest absolute Gasteiger partial charge is 0.260 e. The fourth-order valence-electron chi connectivity index (χ4n) is 1.38. The molecule has 18 heavy (non-hydrogen) atoms. The molecule has 6 nitrogen and oxygen atoms in total. The van der Waals surface area contributed by atoms with Crippen molar-refractivity contribution in [2.75, 3.05) is 20.2 Å². The Labute approximate surface area is 105 Å². The predicted molar refractivity (Wildman–Crippen MR) is 66.7 cm³/mol. The van der Waals surface area contributed by atoms with E-state index in [1.54, 1.807) is 12.1 Å². The average Bonchev–Trinajstić information content (AvgIpc) is 2.35. The molecule has 1 aromatic carbocycles. The number of carbonyl (C=O) groups excluding carboxylic acids is 2. The molecule has 6 heteroatoms. The van der Waals surface area contributed by atoms with Crippen LogP contribution in [0.4, 0.5) is 0 Å². The lowest BCUT2D eigenvalue weighted by Gasteiger charge is -2.16. The van der Waals surface area contributed by atoms with Crippen LogP contribution in [0, 0.1) is 0 Å². The third kappa shape index (κ3) is 4.06. The van der Waals surface area contributed by atoms with Crippen molar-refractivity contribution in [3.05, 3.63) is 29.8 Å². The van der Waals surface area contributed by atoms with Gasteiger partial charge in [-0.1, -0.05) is 18.2 Å². The predicted octanol–water partition coefficient (Wildman–Crippen LogP) is -0.532. The third-order valence-electron chi connectivity index (χ3n) is 2.36. The van der Waals surface area contributed by atoms with E-state index in [2.05, 4.69) is 0 Å². The highest BCUT2D eigenvalue weighted by molar-refractivity contribution is 5.84. The van der Waals surface area contributed by atoms with Gasteiger partial charge in [0.15, 0.2) is 6.61 Å². The molecule has 0 heterocycles. The summed E-state index contributed by atoms with van der Waals surface area (Å²) in [6.45, 7) is 0.0585. The molecule has 0 spiro atoms. The minimum atomic E-state index is -0.562. The second-order valence-electron chi connectivity index (χ2n) is 3.82. The first-order chi connectivity index (χ1) is 8.54. The van der Waals surface area contributed by atoms with E-state index in [0.717, 1.165) is 5.56 Å². The van der Waals surface area contributed by atoms with E-state index in [4.69, 9.17) is 16.2 Å². The van der Waals surface area contributed by atoms with Crippen LogP contribution in [0.5, 0.6) is 5.75 Å². The number of primary amides is 1. The summed E-state index contributed by atoms with van der Waals surface area (Å²) in [5.74, 6) is -0.311. The summed E-state index contributed by atoms with van der Waals surface area (Å²) in [6.07, 6.45) is 0. The molecule has 0 radical (unpaired) electrons. The Bertz CT molecular complexity index is 434. The second-order valence-corrected chi connectivity index (χ2v) is 3.82. The number of hydrogen-bond acceptors (Lipinski definition) is 4. The molecule has 0 aromatic heterocycles. The Kier molecular flexibility index (Phi) is 5.13. The standard InChI is InChI=1S/C12H17N3O3/c1-15(7-11(14)16)12(17)8-18-10-5-3-2-4-9(10)6-13/h2-5H,6-8,13H2,1H3,(H2,14,16). The van der Waals surface area contributed by atoms with Crippen LogP contribution in [0.3, 0.4) is 0 Å². The van der Waals surface area contributed by atoms with Crippen LogP contribution in [0.1, 0.15) is 5.56 Å². The van der Waals surface area contributed by atoms with Crippen molar-refractivity contribution in [3.8, 4) is 5.75 Å². The number of ether oxygens (including phenoxy) is 1. The highest BCUT2D eigenvalue weighted by Crippen LogP contribution is 2.16. The number of amides is 2. The molecule has 4 N–H and O–H groups in total. The van der Waals surface area contributed by atoms with Crippen molar-refractivity contribution in [1.82, 2.24) is 4.90 Å². The lowest BCUT2D eigenvalue weighted by atomic mass is 10.2. The van der Waals surface area contributed by atoms with Crippen LogP contribution in [0.15, 0.2) is 24.3 Å². The molecule has 0 aliphatic carbocycles. The van der Waals surface area contributed by atoms with Gasteiger partial charge in [0.25, 0.3) is 5.91 Å². The number of nitrogens with two attached hydrogens (primary N) is 2. The van der Waals surface area contributed by atoms with Crippen molar-refractivity contribution in [2.24, 2.45) is 11.5 Å². The highest BCUT2D eigenvalue weighted by Gasteiger charge is 2.12. The van der Waals surface area contributed by atoms with Gasteiger partial charge in [0.2, 0.25) is 5.91 Å². The second kappa shape index (κ2) is 6.61. The Morgan fingerprint density at radius 3 is 2.61 bits per heavy atom. The Morgan fingerprint density at radius 1 is 1.33 bits per heavy atom. The van der Waals surface area contributed by atoms with Crippen molar-refractivity contribution < 1.29 is 14.3 Å². The average molecular weight is 251 g/mol.